The molecule has 1 aromatic heterocycles. The molecule has 1 aromatic carbocycles. The van der Waals surface area contributed by atoms with Crippen LogP contribution >= 0.6 is 12.2 Å². The quantitative estimate of drug-likeness (QED) is 0.816. The summed E-state index contributed by atoms with van der Waals surface area (Å²) in [7, 11) is 0. The van der Waals surface area contributed by atoms with Crippen LogP contribution in [0.4, 0.5) is 18.9 Å². The Morgan fingerprint density at radius 2 is 2.00 bits per heavy atom. The molecule has 0 aliphatic rings. The second-order valence-corrected chi connectivity index (χ2v) is 5.79. The number of hydrogen-bond acceptors (Lipinski definition) is 2. The predicted octanol–water partition coefficient (Wildman–Crippen LogP) is 3.87. The van der Waals surface area contributed by atoms with E-state index in [2.05, 4.69) is 15.7 Å². The maximum Gasteiger partial charge on any atom is 0.416 e. The highest BCUT2D eigenvalue weighted by Gasteiger charge is 2.30. The number of alkyl halides is 3. The molecule has 130 valence electrons. The number of aryl methyl sites for hydroxylation is 1. The fourth-order valence-corrected chi connectivity index (χ4v) is 2.62. The van der Waals surface area contributed by atoms with Crippen LogP contribution in [-0.2, 0) is 12.7 Å². The molecule has 0 unspecified atom stereocenters. The first-order chi connectivity index (χ1) is 11.2. The van der Waals surface area contributed by atoms with Crippen LogP contribution in [0.25, 0.3) is 0 Å². The van der Waals surface area contributed by atoms with Gasteiger partial charge in [-0.25, -0.2) is 0 Å². The smallest absolute Gasteiger partial charge is 0.363 e. The third-order valence-electron chi connectivity index (χ3n) is 3.54. The van der Waals surface area contributed by atoms with Crippen molar-refractivity contribution >= 4 is 23.0 Å². The minimum atomic E-state index is -4.35. The summed E-state index contributed by atoms with van der Waals surface area (Å²) in [5.41, 5.74) is 2.20. The van der Waals surface area contributed by atoms with Gasteiger partial charge in [-0.05, 0) is 50.7 Å². The molecule has 0 radical (unpaired) electrons. The lowest BCUT2D eigenvalue weighted by atomic mass is 10.1. The summed E-state index contributed by atoms with van der Waals surface area (Å²) in [5.74, 6) is 0. The fraction of sp³-hybridized carbons (Fsp3) is 0.375. The van der Waals surface area contributed by atoms with Gasteiger partial charge in [0.25, 0.3) is 0 Å². The van der Waals surface area contributed by atoms with Crippen molar-refractivity contribution in [1.82, 2.24) is 15.1 Å². The third kappa shape index (κ3) is 4.25. The van der Waals surface area contributed by atoms with Crippen molar-refractivity contribution in [1.29, 1.82) is 0 Å². The molecule has 0 saturated heterocycles. The molecular formula is C16H19F3N4S. The van der Waals surface area contributed by atoms with Crippen molar-refractivity contribution in [3.63, 3.8) is 0 Å². The molecule has 0 aliphatic carbocycles. The molecule has 0 saturated carbocycles. The Morgan fingerprint density at radius 3 is 2.62 bits per heavy atom. The number of aromatic nitrogens is 2. The topological polar surface area (TPSA) is 41.9 Å². The van der Waals surface area contributed by atoms with Crippen LogP contribution in [-0.4, -0.2) is 21.4 Å². The van der Waals surface area contributed by atoms with Crippen LogP contribution in [0.15, 0.2) is 24.3 Å². The van der Waals surface area contributed by atoms with E-state index in [9.17, 15) is 13.2 Å². The summed E-state index contributed by atoms with van der Waals surface area (Å²) in [4.78, 5) is 0. The first kappa shape index (κ1) is 18.3. The van der Waals surface area contributed by atoms with Crippen molar-refractivity contribution in [2.24, 2.45) is 0 Å². The maximum absolute atomic E-state index is 12.8. The molecule has 0 amide bonds. The maximum atomic E-state index is 12.8. The third-order valence-corrected chi connectivity index (χ3v) is 3.79. The van der Waals surface area contributed by atoms with E-state index in [4.69, 9.17) is 12.2 Å². The summed E-state index contributed by atoms with van der Waals surface area (Å²) in [5, 5.41) is 11.0. The number of hydrogen-bond donors (Lipinski definition) is 2. The van der Waals surface area contributed by atoms with E-state index < -0.39 is 11.7 Å². The largest absolute Gasteiger partial charge is 0.416 e. The molecule has 8 heteroatoms. The Bertz CT molecular complexity index is 737. The lowest BCUT2D eigenvalue weighted by Crippen LogP contribution is -2.28. The molecule has 2 N–H and O–H groups in total. The van der Waals surface area contributed by atoms with Crippen LogP contribution in [0.1, 0.15) is 29.4 Å². The average Bonchev–Trinajstić information content (AvgIpc) is 2.75. The molecule has 0 bridgehead atoms. The SMILES string of the molecule is CCNC(=S)Nc1c(C)nn(Cc2cccc(C(F)(F)F)c2)c1C. The second-order valence-electron chi connectivity index (χ2n) is 5.39. The molecular weight excluding hydrogens is 337 g/mol. The molecule has 24 heavy (non-hydrogen) atoms. The zero-order chi connectivity index (χ0) is 17.9. The van der Waals surface area contributed by atoms with Gasteiger partial charge in [0.05, 0.1) is 29.2 Å². The van der Waals surface area contributed by atoms with Crippen LogP contribution in [0.2, 0.25) is 0 Å². The first-order valence-corrected chi connectivity index (χ1v) is 7.88. The number of benzene rings is 1. The molecule has 1 heterocycles. The van der Waals surface area contributed by atoms with E-state index in [0.717, 1.165) is 29.2 Å². The molecule has 0 spiro atoms. The molecule has 0 atom stereocenters. The van der Waals surface area contributed by atoms with Gasteiger partial charge in [0, 0.05) is 6.54 Å². The van der Waals surface area contributed by atoms with E-state index in [1.165, 1.54) is 6.07 Å². The molecule has 0 fully saturated rings. The number of anilines is 1. The standard InChI is InChI=1S/C16H19F3N4S/c1-4-20-15(24)21-14-10(2)22-23(11(14)3)9-12-6-5-7-13(8-12)16(17,18)19/h5-8H,4,9H2,1-3H3,(H2,20,21,24). The van der Waals surface area contributed by atoms with E-state index in [1.807, 2.05) is 20.8 Å². The van der Waals surface area contributed by atoms with Gasteiger partial charge in [-0.3, -0.25) is 4.68 Å². The lowest BCUT2D eigenvalue weighted by molar-refractivity contribution is -0.137. The Kier molecular flexibility index (Phi) is 5.48. The van der Waals surface area contributed by atoms with E-state index in [0.29, 0.717) is 17.2 Å². The van der Waals surface area contributed by atoms with Gasteiger partial charge in [-0.1, -0.05) is 12.1 Å². The Hall–Kier alpha value is -2.09. The van der Waals surface area contributed by atoms with Crippen molar-refractivity contribution in [2.45, 2.75) is 33.5 Å². The van der Waals surface area contributed by atoms with Crippen molar-refractivity contribution in [3.8, 4) is 0 Å². The van der Waals surface area contributed by atoms with E-state index >= 15 is 0 Å². The fourth-order valence-electron chi connectivity index (χ4n) is 2.37. The first-order valence-electron chi connectivity index (χ1n) is 7.47. The zero-order valence-corrected chi connectivity index (χ0v) is 14.5. The number of rotatable bonds is 4. The Balaban J connectivity index is 2.24. The summed E-state index contributed by atoms with van der Waals surface area (Å²) < 4.78 is 40.1. The Labute approximate surface area is 144 Å². The minimum absolute atomic E-state index is 0.256. The van der Waals surface area contributed by atoms with Gasteiger partial charge in [0.2, 0.25) is 0 Å². The lowest BCUT2D eigenvalue weighted by Gasteiger charge is -2.11. The molecule has 0 aliphatic heterocycles. The van der Waals surface area contributed by atoms with Crippen LogP contribution in [0, 0.1) is 13.8 Å². The highest BCUT2D eigenvalue weighted by Crippen LogP contribution is 2.30. The van der Waals surface area contributed by atoms with E-state index in [1.54, 1.807) is 10.7 Å². The average molecular weight is 356 g/mol. The zero-order valence-electron chi connectivity index (χ0n) is 13.7. The summed E-state index contributed by atoms with van der Waals surface area (Å²) in [6.45, 7) is 6.57. The van der Waals surface area contributed by atoms with Gasteiger partial charge in [0.15, 0.2) is 5.11 Å². The van der Waals surface area contributed by atoms with Gasteiger partial charge < -0.3 is 10.6 Å². The van der Waals surface area contributed by atoms with Crippen molar-refractivity contribution < 1.29 is 13.2 Å². The van der Waals surface area contributed by atoms with Gasteiger partial charge in [0.1, 0.15) is 0 Å². The normalized spacial score (nSPS) is 11.4. The van der Waals surface area contributed by atoms with Crippen LogP contribution in [0.3, 0.4) is 0 Å². The minimum Gasteiger partial charge on any atom is -0.363 e. The molecule has 2 rings (SSSR count). The second kappa shape index (κ2) is 7.21. The summed E-state index contributed by atoms with van der Waals surface area (Å²) in [6, 6.07) is 5.27. The van der Waals surface area contributed by atoms with Gasteiger partial charge >= 0.3 is 6.18 Å². The summed E-state index contributed by atoms with van der Waals surface area (Å²) >= 11 is 5.17. The van der Waals surface area contributed by atoms with Gasteiger partial charge in [-0.15, -0.1) is 0 Å². The predicted molar refractivity (Wildman–Crippen MR) is 92.1 cm³/mol. The number of thiocarbonyl (C=S) groups is 1. The number of nitrogens with zero attached hydrogens (tertiary/aromatic N) is 2. The molecule has 2 aromatic rings. The summed E-state index contributed by atoms with van der Waals surface area (Å²) in [6.07, 6.45) is -4.35. The number of halogens is 3. The van der Waals surface area contributed by atoms with Crippen molar-refractivity contribution in [3.05, 3.63) is 46.8 Å². The monoisotopic (exact) mass is 356 g/mol. The molecule has 4 nitrogen and oxygen atoms in total. The highest BCUT2D eigenvalue weighted by atomic mass is 32.1. The van der Waals surface area contributed by atoms with E-state index in [-0.39, 0.29) is 6.54 Å². The highest BCUT2D eigenvalue weighted by molar-refractivity contribution is 7.80. The van der Waals surface area contributed by atoms with Gasteiger partial charge in [-0.2, -0.15) is 18.3 Å². The van der Waals surface area contributed by atoms with Crippen LogP contribution < -0.4 is 10.6 Å². The number of nitrogens with one attached hydrogen (secondary N) is 2. The van der Waals surface area contributed by atoms with Crippen LogP contribution in [0.5, 0.6) is 0 Å². The Morgan fingerprint density at radius 1 is 1.29 bits per heavy atom. The van der Waals surface area contributed by atoms with Crippen molar-refractivity contribution in [2.75, 3.05) is 11.9 Å².